The van der Waals surface area contributed by atoms with Crippen molar-refractivity contribution in [1.82, 2.24) is 14.9 Å². The molecule has 0 spiro atoms. The summed E-state index contributed by atoms with van der Waals surface area (Å²) in [6, 6.07) is -0.527. The molecule has 8 heteroatoms. The Morgan fingerprint density at radius 3 is 2.62 bits per heavy atom. The molecule has 1 atom stereocenters. The molecular formula is C13H22ClN3O3S. The summed E-state index contributed by atoms with van der Waals surface area (Å²) in [6.45, 7) is 6.27. The van der Waals surface area contributed by atoms with Crippen LogP contribution in [0, 0.1) is 0 Å². The fourth-order valence-electron chi connectivity index (χ4n) is 1.98. The van der Waals surface area contributed by atoms with E-state index in [1.165, 1.54) is 6.20 Å². The highest BCUT2D eigenvalue weighted by molar-refractivity contribution is 8.13. The minimum absolute atomic E-state index is 0.156. The summed E-state index contributed by atoms with van der Waals surface area (Å²) in [4.78, 5) is 16.1. The van der Waals surface area contributed by atoms with Crippen LogP contribution in [-0.2, 0) is 20.3 Å². The predicted octanol–water partition coefficient (Wildman–Crippen LogP) is 2.24. The summed E-state index contributed by atoms with van der Waals surface area (Å²) < 4.78 is 24.2. The molecule has 0 radical (unpaired) electrons. The molecule has 1 aromatic heterocycles. The van der Waals surface area contributed by atoms with Gasteiger partial charge in [0.15, 0.2) is 5.03 Å². The molecule has 0 saturated carbocycles. The molecule has 0 bridgehead atoms. The van der Waals surface area contributed by atoms with Crippen molar-refractivity contribution < 1.29 is 13.2 Å². The quantitative estimate of drug-likeness (QED) is 0.583. The van der Waals surface area contributed by atoms with Crippen LogP contribution in [0.25, 0.3) is 0 Å². The Labute approximate surface area is 130 Å². The van der Waals surface area contributed by atoms with Gasteiger partial charge in [0.05, 0.1) is 0 Å². The number of nitrogens with zero attached hydrogens (tertiary/aromatic N) is 2. The van der Waals surface area contributed by atoms with Crippen LogP contribution in [0.3, 0.4) is 0 Å². The van der Waals surface area contributed by atoms with E-state index in [1.807, 2.05) is 6.92 Å². The number of halogens is 1. The molecular weight excluding hydrogens is 314 g/mol. The van der Waals surface area contributed by atoms with E-state index in [4.69, 9.17) is 10.7 Å². The SMILES string of the molecule is CCCCCNC(=O)C(C)n1cc(S(=O)(=O)Cl)nc1CC. The van der Waals surface area contributed by atoms with E-state index in [9.17, 15) is 13.2 Å². The monoisotopic (exact) mass is 335 g/mol. The first-order valence-corrected chi connectivity index (χ1v) is 9.42. The van der Waals surface area contributed by atoms with Crippen molar-refractivity contribution in [2.45, 2.75) is 57.5 Å². The van der Waals surface area contributed by atoms with E-state index < -0.39 is 15.1 Å². The molecule has 0 saturated heterocycles. The number of hydrogen-bond acceptors (Lipinski definition) is 4. The Morgan fingerprint density at radius 1 is 1.43 bits per heavy atom. The Bertz CT molecular complexity index is 583. The van der Waals surface area contributed by atoms with Crippen molar-refractivity contribution in [3.8, 4) is 0 Å². The van der Waals surface area contributed by atoms with Crippen molar-refractivity contribution >= 4 is 25.6 Å². The van der Waals surface area contributed by atoms with E-state index in [1.54, 1.807) is 11.5 Å². The second-order valence-corrected chi connectivity index (χ2v) is 7.38. The normalized spacial score (nSPS) is 13.1. The molecule has 0 fully saturated rings. The van der Waals surface area contributed by atoms with Gasteiger partial charge in [0, 0.05) is 29.8 Å². The van der Waals surface area contributed by atoms with Gasteiger partial charge in [0.25, 0.3) is 9.05 Å². The summed E-state index contributed by atoms with van der Waals surface area (Å²) in [5.41, 5.74) is 0. The first-order chi connectivity index (χ1) is 9.81. The number of aromatic nitrogens is 2. The highest BCUT2D eigenvalue weighted by Gasteiger charge is 2.22. The number of nitrogens with one attached hydrogen (secondary N) is 1. The van der Waals surface area contributed by atoms with Gasteiger partial charge >= 0.3 is 0 Å². The van der Waals surface area contributed by atoms with Crippen molar-refractivity contribution in [3.63, 3.8) is 0 Å². The van der Waals surface area contributed by atoms with E-state index in [0.717, 1.165) is 19.3 Å². The first-order valence-electron chi connectivity index (χ1n) is 7.11. The lowest BCUT2D eigenvalue weighted by atomic mass is 10.2. The summed E-state index contributed by atoms with van der Waals surface area (Å²) in [7, 11) is 1.41. The van der Waals surface area contributed by atoms with Crippen LogP contribution in [-0.4, -0.2) is 30.4 Å². The molecule has 1 amide bonds. The zero-order chi connectivity index (χ0) is 16.0. The zero-order valence-corrected chi connectivity index (χ0v) is 14.2. The highest BCUT2D eigenvalue weighted by atomic mass is 35.7. The maximum absolute atomic E-state index is 12.1. The Balaban J connectivity index is 2.83. The Hall–Kier alpha value is -1.08. The lowest BCUT2D eigenvalue weighted by Crippen LogP contribution is -2.32. The lowest BCUT2D eigenvalue weighted by molar-refractivity contribution is -0.123. The van der Waals surface area contributed by atoms with Gasteiger partial charge in [0.2, 0.25) is 5.91 Å². The third kappa shape index (κ3) is 5.00. The van der Waals surface area contributed by atoms with Crippen molar-refractivity contribution in [1.29, 1.82) is 0 Å². The number of rotatable bonds is 8. The van der Waals surface area contributed by atoms with Gasteiger partial charge in [-0.2, -0.15) is 0 Å². The molecule has 1 N–H and O–H groups in total. The molecule has 21 heavy (non-hydrogen) atoms. The molecule has 1 heterocycles. The van der Waals surface area contributed by atoms with Gasteiger partial charge in [-0.25, -0.2) is 13.4 Å². The van der Waals surface area contributed by atoms with E-state index >= 15 is 0 Å². The van der Waals surface area contributed by atoms with Crippen LogP contribution in [0.5, 0.6) is 0 Å². The van der Waals surface area contributed by atoms with Crippen LogP contribution in [0.1, 0.15) is 51.9 Å². The van der Waals surface area contributed by atoms with Crippen LogP contribution in [0.4, 0.5) is 0 Å². The summed E-state index contributed by atoms with van der Waals surface area (Å²) >= 11 is 0. The fourth-order valence-corrected chi connectivity index (χ4v) is 2.66. The Kier molecular flexibility index (Phi) is 6.67. The molecule has 0 aliphatic carbocycles. The number of amides is 1. The lowest BCUT2D eigenvalue weighted by Gasteiger charge is -2.15. The van der Waals surface area contributed by atoms with Crippen molar-refractivity contribution in [2.75, 3.05) is 6.54 Å². The first kappa shape index (κ1) is 18.0. The Morgan fingerprint density at radius 2 is 2.10 bits per heavy atom. The number of imidazole rings is 1. The van der Waals surface area contributed by atoms with Crippen molar-refractivity contribution in [3.05, 3.63) is 12.0 Å². The van der Waals surface area contributed by atoms with Gasteiger partial charge < -0.3 is 9.88 Å². The van der Waals surface area contributed by atoms with Crippen molar-refractivity contribution in [2.24, 2.45) is 0 Å². The minimum Gasteiger partial charge on any atom is -0.354 e. The number of unbranched alkanes of at least 4 members (excludes halogenated alkanes) is 2. The minimum atomic E-state index is -3.89. The standard InChI is InChI=1S/C13H22ClN3O3S/c1-4-6-7-8-15-13(18)10(3)17-9-12(21(14,19)20)16-11(17)5-2/h9-10H,4-8H2,1-3H3,(H,15,18). The molecule has 120 valence electrons. The largest absolute Gasteiger partial charge is 0.354 e. The van der Waals surface area contributed by atoms with Gasteiger partial charge in [-0.3, -0.25) is 4.79 Å². The number of carbonyl (C=O) groups is 1. The summed E-state index contributed by atoms with van der Waals surface area (Å²) in [6.07, 6.45) is 4.91. The summed E-state index contributed by atoms with van der Waals surface area (Å²) in [5.74, 6) is 0.363. The fraction of sp³-hybridized carbons (Fsp3) is 0.692. The molecule has 0 aromatic carbocycles. The smallest absolute Gasteiger partial charge is 0.280 e. The number of carbonyl (C=O) groups excluding carboxylic acids is 1. The molecule has 1 rings (SSSR count). The second-order valence-electron chi connectivity index (χ2n) is 4.87. The third-order valence-electron chi connectivity index (χ3n) is 3.23. The maximum atomic E-state index is 12.1. The van der Waals surface area contributed by atoms with Crippen LogP contribution >= 0.6 is 10.7 Å². The van der Waals surface area contributed by atoms with Gasteiger partial charge in [0.1, 0.15) is 11.9 Å². The van der Waals surface area contributed by atoms with Crippen LogP contribution < -0.4 is 5.32 Å². The van der Waals surface area contributed by atoms with E-state index in [0.29, 0.717) is 18.8 Å². The molecule has 0 aliphatic rings. The number of aryl methyl sites for hydroxylation is 1. The molecule has 0 aliphatic heterocycles. The van der Waals surface area contributed by atoms with Gasteiger partial charge in [-0.05, 0) is 13.3 Å². The third-order valence-corrected chi connectivity index (χ3v) is 4.40. The second kappa shape index (κ2) is 7.79. The average Bonchev–Trinajstić information content (AvgIpc) is 2.86. The predicted molar refractivity (Wildman–Crippen MR) is 81.9 cm³/mol. The van der Waals surface area contributed by atoms with Gasteiger partial charge in [-0.15, -0.1) is 0 Å². The van der Waals surface area contributed by atoms with Gasteiger partial charge in [-0.1, -0.05) is 26.7 Å². The molecule has 1 unspecified atom stereocenters. The average molecular weight is 336 g/mol. The van der Waals surface area contributed by atoms with E-state index in [2.05, 4.69) is 17.2 Å². The topological polar surface area (TPSA) is 81.1 Å². The van der Waals surface area contributed by atoms with E-state index in [-0.39, 0.29) is 10.9 Å². The zero-order valence-electron chi connectivity index (χ0n) is 12.6. The maximum Gasteiger partial charge on any atom is 0.280 e. The van der Waals surface area contributed by atoms with Crippen LogP contribution in [0.2, 0.25) is 0 Å². The molecule has 1 aromatic rings. The summed E-state index contributed by atoms with van der Waals surface area (Å²) in [5, 5.41) is 2.63. The number of hydrogen-bond donors (Lipinski definition) is 1. The van der Waals surface area contributed by atoms with Crippen LogP contribution in [0.15, 0.2) is 11.2 Å². The highest BCUT2D eigenvalue weighted by Crippen LogP contribution is 2.19. The molecule has 6 nitrogen and oxygen atoms in total.